The highest BCUT2D eigenvalue weighted by Crippen LogP contribution is 2.30. The van der Waals surface area contributed by atoms with E-state index < -0.39 is 9.05 Å². The Bertz CT molecular complexity index is 562. The van der Waals surface area contributed by atoms with E-state index in [-0.39, 0.29) is 5.75 Å². The zero-order valence-corrected chi connectivity index (χ0v) is 12.9. The van der Waals surface area contributed by atoms with E-state index in [2.05, 4.69) is 0 Å². The average molecular weight is 303 g/mol. The molecule has 2 rings (SSSR count). The van der Waals surface area contributed by atoms with Gasteiger partial charge in [-0.25, -0.2) is 8.42 Å². The van der Waals surface area contributed by atoms with Crippen molar-refractivity contribution in [2.45, 2.75) is 38.9 Å². The first-order chi connectivity index (χ1) is 8.85. The summed E-state index contributed by atoms with van der Waals surface area (Å²) in [4.78, 5) is 0. The molecule has 0 spiro atoms. The number of rotatable bonds is 5. The van der Waals surface area contributed by atoms with Gasteiger partial charge in [-0.1, -0.05) is 12.5 Å². The van der Waals surface area contributed by atoms with Gasteiger partial charge < -0.3 is 4.74 Å². The van der Waals surface area contributed by atoms with E-state index >= 15 is 0 Å². The summed E-state index contributed by atoms with van der Waals surface area (Å²) in [7, 11) is 1.78. The van der Waals surface area contributed by atoms with Crippen LogP contribution in [0.5, 0.6) is 5.75 Å². The van der Waals surface area contributed by atoms with Crippen molar-refractivity contribution in [3.05, 3.63) is 28.8 Å². The fourth-order valence-electron chi connectivity index (χ4n) is 2.15. The third-order valence-corrected chi connectivity index (χ3v) is 4.69. The molecule has 0 saturated heterocycles. The maximum absolute atomic E-state index is 11.3. The van der Waals surface area contributed by atoms with Gasteiger partial charge in [0, 0.05) is 16.2 Å². The molecule has 1 aliphatic carbocycles. The molecular formula is C14H19ClO3S. The van der Waals surface area contributed by atoms with E-state index in [1.165, 1.54) is 19.3 Å². The van der Waals surface area contributed by atoms with Gasteiger partial charge in [0.25, 0.3) is 0 Å². The van der Waals surface area contributed by atoms with E-state index in [0.29, 0.717) is 23.8 Å². The van der Waals surface area contributed by atoms with Crippen LogP contribution in [0.1, 0.15) is 36.0 Å². The molecule has 1 aromatic rings. The molecule has 0 radical (unpaired) electrons. The smallest absolute Gasteiger partial charge is 0.236 e. The van der Waals surface area contributed by atoms with Crippen LogP contribution in [0.2, 0.25) is 0 Å². The lowest BCUT2D eigenvalue weighted by molar-refractivity contribution is 0.179. The minimum Gasteiger partial charge on any atom is -0.493 e. The van der Waals surface area contributed by atoms with Gasteiger partial charge in [-0.05, 0) is 49.8 Å². The molecule has 0 unspecified atom stereocenters. The van der Waals surface area contributed by atoms with Crippen LogP contribution in [0.4, 0.5) is 0 Å². The maximum Gasteiger partial charge on any atom is 0.236 e. The van der Waals surface area contributed by atoms with Crippen molar-refractivity contribution >= 4 is 19.7 Å². The van der Waals surface area contributed by atoms with E-state index in [9.17, 15) is 8.42 Å². The normalized spacial score (nSPS) is 16.2. The largest absolute Gasteiger partial charge is 0.493 e. The highest BCUT2D eigenvalue weighted by molar-refractivity contribution is 8.13. The molecule has 0 heterocycles. The maximum atomic E-state index is 11.3. The van der Waals surface area contributed by atoms with Gasteiger partial charge in [0.1, 0.15) is 5.75 Å². The summed E-state index contributed by atoms with van der Waals surface area (Å²) >= 11 is 0. The number of halogens is 1. The van der Waals surface area contributed by atoms with Crippen LogP contribution in [0, 0.1) is 19.8 Å². The van der Waals surface area contributed by atoms with E-state index in [0.717, 1.165) is 11.1 Å². The molecular weight excluding hydrogens is 284 g/mol. The molecule has 0 bridgehead atoms. The van der Waals surface area contributed by atoms with Gasteiger partial charge in [-0.2, -0.15) is 0 Å². The van der Waals surface area contributed by atoms with Crippen molar-refractivity contribution in [2.75, 3.05) is 6.61 Å². The van der Waals surface area contributed by atoms with Crippen molar-refractivity contribution in [3.8, 4) is 5.75 Å². The second kappa shape index (κ2) is 5.71. The van der Waals surface area contributed by atoms with Gasteiger partial charge in [0.15, 0.2) is 0 Å². The molecule has 0 N–H and O–H groups in total. The summed E-state index contributed by atoms with van der Waals surface area (Å²) in [5, 5.41) is 0. The molecule has 106 valence electrons. The summed E-state index contributed by atoms with van der Waals surface area (Å²) in [6, 6.07) is 3.76. The molecule has 0 atom stereocenters. The Balaban J connectivity index is 2.20. The summed E-state index contributed by atoms with van der Waals surface area (Å²) in [5.41, 5.74) is 2.79. The fourth-order valence-corrected chi connectivity index (χ4v) is 3.10. The Labute approximate surface area is 119 Å². The number of benzene rings is 1. The first-order valence-electron chi connectivity index (χ1n) is 6.50. The Morgan fingerprint density at radius 3 is 2.42 bits per heavy atom. The monoisotopic (exact) mass is 302 g/mol. The van der Waals surface area contributed by atoms with Crippen molar-refractivity contribution in [2.24, 2.45) is 5.92 Å². The third-order valence-electron chi connectivity index (χ3n) is 3.70. The van der Waals surface area contributed by atoms with Gasteiger partial charge >= 0.3 is 0 Å². The van der Waals surface area contributed by atoms with Crippen molar-refractivity contribution in [1.82, 2.24) is 0 Å². The van der Waals surface area contributed by atoms with Crippen LogP contribution in [0.15, 0.2) is 12.1 Å². The number of aryl methyl sites for hydroxylation is 2. The van der Waals surface area contributed by atoms with E-state index in [4.69, 9.17) is 15.4 Å². The Hall–Kier alpha value is -0.740. The van der Waals surface area contributed by atoms with Crippen molar-refractivity contribution in [1.29, 1.82) is 0 Å². The second-order valence-corrected chi connectivity index (χ2v) is 8.11. The van der Waals surface area contributed by atoms with Crippen LogP contribution in [-0.4, -0.2) is 15.0 Å². The molecule has 5 heteroatoms. The lowest BCUT2D eigenvalue weighted by Gasteiger charge is -2.26. The summed E-state index contributed by atoms with van der Waals surface area (Å²) in [5.74, 6) is 1.08. The van der Waals surface area contributed by atoms with Crippen LogP contribution in [0.3, 0.4) is 0 Å². The molecule has 1 aliphatic rings. The van der Waals surface area contributed by atoms with Crippen molar-refractivity contribution in [3.63, 3.8) is 0 Å². The van der Waals surface area contributed by atoms with Crippen LogP contribution in [0.25, 0.3) is 0 Å². The first-order valence-corrected chi connectivity index (χ1v) is 8.98. The SMILES string of the molecule is Cc1cc(CS(=O)(=O)Cl)c(OCC2CCC2)cc1C. The van der Waals surface area contributed by atoms with E-state index in [1.807, 2.05) is 26.0 Å². The van der Waals surface area contributed by atoms with Crippen molar-refractivity contribution < 1.29 is 13.2 Å². The topological polar surface area (TPSA) is 43.4 Å². The Morgan fingerprint density at radius 2 is 1.89 bits per heavy atom. The number of ether oxygens (including phenoxy) is 1. The summed E-state index contributed by atoms with van der Waals surface area (Å²) < 4.78 is 28.3. The Kier molecular flexibility index (Phi) is 4.41. The molecule has 1 saturated carbocycles. The minimum atomic E-state index is -3.57. The molecule has 0 aromatic heterocycles. The summed E-state index contributed by atoms with van der Waals surface area (Å²) in [6.07, 6.45) is 3.67. The van der Waals surface area contributed by atoms with Gasteiger partial charge in [0.05, 0.1) is 12.4 Å². The Morgan fingerprint density at radius 1 is 1.26 bits per heavy atom. The number of hydrogen-bond donors (Lipinski definition) is 0. The van der Waals surface area contributed by atoms with E-state index in [1.54, 1.807) is 0 Å². The fraction of sp³-hybridized carbons (Fsp3) is 0.571. The van der Waals surface area contributed by atoms with Gasteiger partial charge in [-0.15, -0.1) is 0 Å². The third kappa shape index (κ3) is 4.11. The molecule has 1 fully saturated rings. The van der Waals surface area contributed by atoms with Crippen LogP contribution >= 0.6 is 10.7 Å². The lowest BCUT2D eigenvalue weighted by Crippen LogP contribution is -2.19. The van der Waals surface area contributed by atoms with Crippen LogP contribution < -0.4 is 4.74 Å². The highest BCUT2D eigenvalue weighted by Gasteiger charge is 2.20. The molecule has 0 amide bonds. The van der Waals surface area contributed by atoms with Crippen LogP contribution in [-0.2, 0) is 14.8 Å². The molecule has 3 nitrogen and oxygen atoms in total. The predicted molar refractivity (Wildman–Crippen MR) is 77.2 cm³/mol. The minimum absolute atomic E-state index is 0.185. The predicted octanol–water partition coefficient (Wildman–Crippen LogP) is 3.55. The quantitative estimate of drug-likeness (QED) is 0.781. The van der Waals surface area contributed by atoms with Gasteiger partial charge in [-0.3, -0.25) is 0 Å². The molecule has 1 aromatic carbocycles. The zero-order chi connectivity index (χ0) is 14.0. The first kappa shape index (κ1) is 14.7. The van der Waals surface area contributed by atoms with Gasteiger partial charge in [0.2, 0.25) is 9.05 Å². The lowest BCUT2D eigenvalue weighted by atomic mass is 9.86. The molecule has 19 heavy (non-hydrogen) atoms. The standard InChI is InChI=1S/C14H19ClO3S/c1-10-6-13(9-19(15,16)17)14(7-11(10)2)18-8-12-4-3-5-12/h6-7,12H,3-5,8-9H2,1-2H3. The average Bonchev–Trinajstić information content (AvgIpc) is 2.20. The zero-order valence-electron chi connectivity index (χ0n) is 11.3. The second-order valence-electron chi connectivity index (χ2n) is 5.34. The summed E-state index contributed by atoms with van der Waals surface area (Å²) in [6.45, 7) is 4.61. The highest BCUT2D eigenvalue weighted by atomic mass is 35.7. The molecule has 0 aliphatic heterocycles. The number of hydrogen-bond acceptors (Lipinski definition) is 3.